The molecule has 0 aliphatic carbocycles. The van der Waals surface area contributed by atoms with Gasteiger partial charge < -0.3 is 9.47 Å². The molecule has 2 fully saturated rings. The van der Waals surface area contributed by atoms with Crippen molar-refractivity contribution < 1.29 is 23.9 Å². The van der Waals surface area contributed by atoms with Gasteiger partial charge >= 0.3 is 0 Å². The highest BCUT2D eigenvalue weighted by Crippen LogP contribution is 2.49. The number of amides is 2. The third-order valence-electron chi connectivity index (χ3n) is 6.15. The Morgan fingerprint density at radius 1 is 0.853 bits per heavy atom. The van der Waals surface area contributed by atoms with Gasteiger partial charge in [-0.15, -0.1) is 0 Å². The first-order valence-corrected chi connectivity index (χ1v) is 11.4. The number of hydrogen-bond acceptors (Lipinski definition) is 6. The lowest BCUT2D eigenvalue weighted by atomic mass is 9.90. The normalized spacial score (nSPS) is 21.6. The molecule has 34 heavy (non-hydrogen) atoms. The van der Waals surface area contributed by atoms with E-state index in [1.807, 2.05) is 61.5 Å². The number of imide groups is 1. The van der Waals surface area contributed by atoms with Crippen LogP contribution in [0.5, 0.6) is 11.5 Å². The Morgan fingerprint density at radius 2 is 1.56 bits per heavy atom. The lowest BCUT2D eigenvalue weighted by molar-refractivity contribution is -0.126. The van der Waals surface area contributed by atoms with E-state index in [2.05, 4.69) is 0 Å². The van der Waals surface area contributed by atoms with Gasteiger partial charge in [0.2, 0.25) is 5.91 Å². The Bertz CT molecular complexity index is 1180. The minimum absolute atomic E-state index is 0.299. The van der Waals surface area contributed by atoms with Gasteiger partial charge in [0, 0.05) is 5.56 Å². The number of nitrogens with zero attached hydrogens (tertiary/aromatic N) is 2. The van der Waals surface area contributed by atoms with Crippen LogP contribution < -0.4 is 19.4 Å². The molecule has 2 aliphatic rings. The molecule has 0 spiro atoms. The average molecular weight is 459 g/mol. The molecule has 2 aliphatic heterocycles. The number of benzene rings is 3. The largest absolute Gasteiger partial charge is 0.496 e. The van der Waals surface area contributed by atoms with Crippen LogP contribution in [0.3, 0.4) is 0 Å². The molecule has 2 saturated heterocycles. The molecule has 174 valence electrons. The quantitative estimate of drug-likeness (QED) is 0.485. The summed E-state index contributed by atoms with van der Waals surface area (Å²) in [5.41, 5.74) is 2.05. The lowest BCUT2D eigenvalue weighted by Gasteiger charge is -2.29. The van der Waals surface area contributed by atoms with Gasteiger partial charge in [0.25, 0.3) is 5.91 Å². The van der Waals surface area contributed by atoms with Crippen LogP contribution in [0, 0.1) is 5.92 Å². The van der Waals surface area contributed by atoms with Gasteiger partial charge in [-0.25, -0.2) is 9.96 Å². The van der Waals surface area contributed by atoms with Crippen LogP contribution in [-0.4, -0.2) is 31.6 Å². The predicted octanol–water partition coefficient (Wildman–Crippen LogP) is 4.54. The molecule has 7 heteroatoms. The molecule has 3 aromatic rings. The van der Waals surface area contributed by atoms with E-state index >= 15 is 0 Å². The summed E-state index contributed by atoms with van der Waals surface area (Å²) in [6.07, 6.45) is -0.0352. The number of ether oxygens (including phenoxy) is 2. The number of para-hydroxylation sites is 2. The fraction of sp³-hybridized carbons (Fsp3) is 0.259. The summed E-state index contributed by atoms with van der Waals surface area (Å²) in [4.78, 5) is 34.6. The van der Waals surface area contributed by atoms with Crippen LogP contribution in [0.15, 0.2) is 78.9 Å². The zero-order chi connectivity index (χ0) is 23.7. The third kappa shape index (κ3) is 3.68. The van der Waals surface area contributed by atoms with Gasteiger partial charge in [-0.2, -0.15) is 0 Å². The maximum Gasteiger partial charge on any atom is 0.266 e. The van der Waals surface area contributed by atoms with E-state index in [9.17, 15) is 9.59 Å². The van der Waals surface area contributed by atoms with Crippen molar-refractivity contribution in [2.24, 2.45) is 5.92 Å². The fourth-order valence-electron chi connectivity index (χ4n) is 4.61. The van der Waals surface area contributed by atoms with Gasteiger partial charge in [0.1, 0.15) is 17.4 Å². The van der Waals surface area contributed by atoms with Crippen molar-refractivity contribution in [1.29, 1.82) is 0 Å². The lowest BCUT2D eigenvalue weighted by Crippen LogP contribution is -2.37. The van der Waals surface area contributed by atoms with Crippen molar-refractivity contribution in [3.8, 4) is 11.5 Å². The maximum absolute atomic E-state index is 13.7. The van der Waals surface area contributed by atoms with E-state index in [-0.39, 0.29) is 11.8 Å². The Kier molecular flexibility index (Phi) is 5.94. The van der Waals surface area contributed by atoms with Crippen LogP contribution >= 0.6 is 0 Å². The molecule has 3 aromatic carbocycles. The number of methoxy groups -OCH3 is 1. The van der Waals surface area contributed by atoms with Gasteiger partial charge in [-0.3, -0.25) is 14.4 Å². The highest BCUT2D eigenvalue weighted by molar-refractivity contribution is 6.24. The molecule has 0 aromatic heterocycles. The van der Waals surface area contributed by atoms with Crippen molar-refractivity contribution in [3.05, 3.63) is 84.4 Å². The first kappa shape index (κ1) is 22.0. The van der Waals surface area contributed by atoms with Crippen LogP contribution in [0.2, 0.25) is 0 Å². The van der Waals surface area contributed by atoms with Gasteiger partial charge in [0.15, 0.2) is 6.10 Å². The molecule has 2 heterocycles. The monoisotopic (exact) mass is 458 g/mol. The number of hydrogen-bond donors (Lipinski definition) is 0. The molecular formula is C27H26N2O5. The van der Waals surface area contributed by atoms with Crippen molar-refractivity contribution in [1.82, 2.24) is 0 Å². The summed E-state index contributed by atoms with van der Waals surface area (Å²) in [6.45, 7) is 2.64. The van der Waals surface area contributed by atoms with Crippen LogP contribution in [-0.2, 0) is 14.4 Å². The summed E-state index contributed by atoms with van der Waals surface area (Å²) in [7, 11) is 1.59. The molecule has 0 saturated carbocycles. The van der Waals surface area contributed by atoms with Gasteiger partial charge in [-0.1, -0.05) is 43.3 Å². The molecule has 0 N–H and O–H groups in total. The van der Waals surface area contributed by atoms with E-state index < -0.39 is 18.1 Å². The predicted molar refractivity (Wildman–Crippen MR) is 128 cm³/mol. The number of carbonyl (C=O) groups excluding carboxylic acids is 2. The molecule has 3 atom stereocenters. The zero-order valence-corrected chi connectivity index (χ0v) is 19.1. The summed E-state index contributed by atoms with van der Waals surface area (Å²) >= 11 is 0. The highest BCUT2D eigenvalue weighted by Gasteiger charge is 2.60. The molecule has 0 unspecified atom stereocenters. The smallest absolute Gasteiger partial charge is 0.266 e. The van der Waals surface area contributed by atoms with E-state index in [1.165, 1.54) is 4.90 Å². The summed E-state index contributed by atoms with van der Waals surface area (Å²) in [6, 6.07) is 23.5. The molecular weight excluding hydrogens is 432 g/mol. The molecule has 5 rings (SSSR count). The van der Waals surface area contributed by atoms with Crippen LogP contribution in [0.25, 0.3) is 0 Å². The van der Waals surface area contributed by atoms with Crippen molar-refractivity contribution in [2.75, 3.05) is 23.7 Å². The zero-order valence-electron chi connectivity index (χ0n) is 19.1. The first-order valence-electron chi connectivity index (χ1n) is 11.4. The van der Waals surface area contributed by atoms with E-state index in [0.29, 0.717) is 23.8 Å². The van der Waals surface area contributed by atoms with E-state index in [1.54, 1.807) is 36.4 Å². The van der Waals surface area contributed by atoms with Crippen molar-refractivity contribution >= 4 is 23.2 Å². The topological polar surface area (TPSA) is 68.3 Å². The van der Waals surface area contributed by atoms with E-state index in [0.717, 1.165) is 17.7 Å². The molecule has 7 nitrogen and oxygen atoms in total. The first-order chi connectivity index (χ1) is 16.6. The fourth-order valence-corrected chi connectivity index (χ4v) is 4.61. The Morgan fingerprint density at radius 3 is 2.26 bits per heavy atom. The Labute approximate surface area is 198 Å². The minimum atomic E-state index is -0.932. The highest BCUT2D eigenvalue weighted by atomic mass is 16.7. The second kappa shape index (κ2) is 9.19. The van der Waals surface area contributed by atoms with E-state index in [4.69, 9.17) is 14.3 Å². The van der Waals surface area contributed by atoms with Crippen molar-refractivity contribution in [2.45, 2.75) is 25.5 Å². The van der Waals surface area contributed by atoms with Crippen LogP contribution in [0.4, 0.5) is 11.4 Å². The standard InChI is InChI=1S/C27H26N2O5/c1-3-17-33-20-15-13-18(14-16-20)28-26(30)23-24(21-11-7-8-12-22(21)32-2)29(34-25(23)27(28)31)19-9-5-4-6-10-19/h4-16,23-25H,3,17H2,1-2H3/t23-,24+,25-/m0/s1. The van der Waals surface area contributed by atoms with Crippen molar-refractivity contribution in [3.63, 3.8) is 0 Å². The number of hydroxylamine groups is 1. The third-order valence-corrected chi connectivity index (χ3v) is 6.15. The molecule has 0 bridgehead atoms. The summed E-state index contributed by atoms with van der Waals surface area (Å²) in [5.74, 6) is -0.0701. The number of rotatable bonds is 7. The number of anilines is 2. The summed E-state index contributed by atoms with van der Waals surface area (Å²) in [5, 5.41) is 1.67. The summed E-state index contributed by atoms with van der Waals surface area (Å²) < 4.78 is 11.2. The van der Waals surface area contributed by atoms with Crippen LogP contribution in [0.1, 0.15) is 24.9 Å². The van der Waals surface area contributed by atoms with Gasteiger partial charge in [0.05, 0.1) is 31.1 Å². The maximum atomic E-state index is 13.7. The number of fused-ring (bicyclic) bond motifs is 1. The van der Waals surface area contributed by atoms with Gasteiger partial charge in [-0.05, 0) is 48.9 Å². The second-order valence-corrected chi connectivity index (χ2v) is 8.25. The molecule has 2 amide bonds. The molecule has 0 radical (unpaired) electrons. The average Bonchev–Trinajstić information content (AvgIpc) is 3.39. The second-order valence-electron chi connectivity index (χ2n) is 8.25. The SMILES string of the molecule is CCCOc1ccc(N2C(=O)[C@@H]3[C@H](ON(c4ccccc4)[C@@H]3c3ccccc3OC)C2=O)cc1. The Balaban J connectivity index is 1.52. The Hall–Kier alpha value is -3.84. The minimum Gasteiger partial charge on any atom is -0.496 e. The number of carbonyl (C=O) groups is 2.